The number of nitrogens with one attached hydrogen (secondary N) is 2. The highest BCUT2D eigenvalue weighted by molar-refractivity contribution is 6.43. The van der Waals surface area contributed by atoms with Crippen molar-refractivity contribution < 1.29 is 43.1 Å². The van der Waals surface area contributed by atoms with Gasteiger partial charge in [0.25, 0.3) is 0 Å². The van der Waals surface area contributed by atoms with Gasteiger partial charge in [0, 0.05) is 18.5 Å². The Balaban J connectivity index is 1.32. The zero-order chi connectivity index (χ0) is 32.6. The number of rotatable bonds is 4. The van der Waals surface area contributed by atoms with E-state index in [9.17, 15) is 33.6 Å². The molecule has 0 bridgehead atoms. The van der Waals surface area contributed by atoms with Gasteiger partial charge in [0.1, 0.15) is 30.1 Å². The second-order valence-corrected chi connectivity index (χ2v) is 13.1. The van der Waals surface area contributed by atoms with Crippen LogP contribution in [0.15, 0.2) is 18.2 Å². The number of carbonyl (C=O) groups excluding carboxylic acids is 4. The number of benzene rings is 1. The monoisotopic (exact) mass is 644 g/mol. The molecule has 4 atom stereocenters. The number of halogens is 1. The summed E-state index contributed by atoms with van der Waals surface area (Å²) in [7, 11) is -1.79. The van der Waals surface area contributed by atoms with Crippen molar-refractivity contribution in [2.75, 3.05) is 6.54 Å². The zero-order valence-corrected chi connectivity index (χ0v) is 26.3. The molecule has 1 aromatic carbocycles. The highest BCUT2D eigenvalue weighted by atomic mass is 19.1. The van der Waals surface area contributed by atoms with Gasteiger partial charge in [0.15, 0.2) is 0 Å². The van der Waals surface area contributed by atoms with Gasteiger partial charge in [-0.2, -0.15) is 0 Å². The van der Waals surface area contributed by atoms with Crippen LogP contribution in [0, 0.1) is 5.82 Å². The van der Waals surface area contributed by atoms with Gasteiger partial charge < -0.3 is 35.1 Å². The van der Waals surface area contributed by atoms with Crippen LogP contribution in [-0.2, 0) is 32.2 Å². The lowest BCUT2D eigenvalue weighted by atomic mass is 9.76. The Hall–Kier alpha value is -3.39. The van der Waals surface area contributed by atoms with Crippen molar-refractivity contribution in [1.82, 2.24) is 20.4 Å². The number of alkyl carbamates (subject to hydrolysis) is 1. The molecule has 1 saturated carbocycles. The molecule has 1 aromatic rings. The standard InChI is InChI=1S/C32H46BFN4O8/c34-25-14-10-11-21-18-37(20-24(21)25)32(42)46-23-17-27-29(39)36-28(33(43)44)16-7-5-3-1-2-4-6-15-26(30(40)38(27)19-23)35-31(41)45-22-12-8-9-13-22/h10-11,14,22-23,26-28,43-44H,1-9,12-13,15-20H2,(H,35,41)(H,36,39)/t23-,26+,27+,28-/m1/s1. The first kappa shape index (κ1) is 34.0. The molecule has 4 amide bonds. The van der Waals surface area contributed by atoms with Crippen LogP contribution in [0.2, 0.25) is 0 Å². The lowest BCUT2D eigenvalue weighted by Gasteiger charge is -2.30. The molecule has 3 fully saturated rings. The zero-order valence-electron chi connectivity index (χ0n) is 26.3. The number of hydrogen-bond donors (Lipinski definition) is 4. The molecule has 3 aliphatic heterocycles. The predicted octanol–water partition coefficient (Wildman–Crippen LogP) is 3.31. The van der Waals surface area contributed by atoms with E-state index in [0.29, 0.717) is 36.8 Å². The van der Waals surface area contributed by atoms with Gasteiger partial charge in [0.05, 0.1) is 19.0 Å². The molecule has 3 heterocycles. The first-order valence-corrected chi connectivity index (χ1v) is 16.9. The fraction of sp³-hybridized carbons (Fsp3) is 0.688. The lowest BCUT2D eigenvalue weighted by Crippen LogP contribution is -2.56. The molecule has 12 nitrogen and oxygen atoms in total. The summed E-state index contributed by atoms with van der Waals surface area (Å²) in [5.41, 5.74) is 1.12. The summed E-state index contributed by atoms with van der Waals surface area (Å²) in [4.78, 5) is 56.5. The lowest BCUT2D eigenvalue weighted by molar-refractivity contribution is -0.140. The van der Waals surface area contributed by atoms with E-state index in [2.05, 4.69) is 10.6 Å². The maximum absolute atomic E-state index is 14.3. The van der Waals surface area contributed by atoms with Gasteiger partial charge >= 0.3 is 19.3 Å². The average molecular weight is 645 g/mol. The van der Waals surface area contributed by atoms with E-state index in [4.69, 9.17) is 9.47 Å². The molecule has 5 rings (SSSR count). The fourth-order valence-electron chi connectivity index (χ4n) is 7.06. The van der Waals surface area contributed by atoms with Crippen LogP contribution in [0.25, 0.3) is 0 Å². The van der Waals surface area contributed by atoms with E-state index in [1.807, 2.05) is 0 Å². The topological polar surface area (TPSA) is 158 Å². The van der Waals surface area contributed by atoms with Crippen molar-refractivity contribution in [3.63, 3.8) is 0 Å². The van der Waals surface area contributed by atoms with Gasteiger partial charge in [0.2, 0.25) is 11.8 Å². The molecule has 4 N–H and O–H groups in total. The number of amides is 4. The molecule has 0 spiro atoms. The van der Waals surface area contributed by atoms with E-state index in [1.165, 1.54) is 15.9 Å². The Bertz CT molecular complexity index is 1250. The quantitative estimate of drug-likeness (QED) is 0.364. The minimum atomic E-state index is -1.79. The summed E-state index contributed by atoms with van der Waals surface area (Å²) < 4.78 is 25.7. The molecule has 0 radical (unpaired) electrons. The van der Waals surface area contributed by atoms with Gasteiger partial charge in [-0.3, -0.25) is 14.5 Å². The van der Waals surface area contributed by atoms with E-state index >= 15 is 0 Å². The van der Waals surface area contributed by atoms with E-state index in [1.54, 1.807) is 12.1 Å². The minimum Gasteiger partial charge on any atom is -0.446 e. The van der Waals surface area contributed by atoms with E-state index < -0.39 is 61.1 Å². The smallest absolute Gasteiger partial charge is 0.446 e. The number of nitrogens with zero attached hydrogens (tertiary/aromatic N) is 2. The van der Waals surface area contributed by atoms with Gasteiger partial charge in [-0.1, -0.05) is 57.1 Å². The van der Waals surface area contributed by atoms with Crippen LogP contribution in [0.5, 0.6) is 0 Å². The Morgan fingerprint density at radius 3 is 2.26 bits per heavy atom. The summed E-state index contributed by atoms with van der Waals surface area (Å²) >= 11 is 0. The number of fused-ring (bicyclic) bond motifs is 2. The summed E-state index contributed by atoms with van der Waals surface area (Å²) in [6.45, 7) is 0.127. The maximum atomic E-state index is 14.3. The van der Waals surface area contributed by atoms with Crippen molar-refractivity contribution in [2.24, 2.45) is 0 Å². The SMILES string of the molecule is O=C(N[C@H]1CCCCCCCCC[C@H](B(O)O)NC(=O)[C@@H]2C[C@@H](OC(=O)N3Cc4cccc(F)c4C3)CN2C1=O)OC1CCCC1. The molecule has 14 heteroatoms. The van der Waals surface area contributed by atoms with Gasteiger partial charge in [-0.25, -0.2) is 14.0 Å². The van der Waals surface area contributed by atoms with Crippen molar-refractivity contribution in [3.05, 3.63) is 35.1 Å². The molecular formula is C32H46BFN4O8. The first-order valence-electron chi connectivity index (χ1n) is 16.9. The van der Waals surface area contributed by atoms with Crippen LogP contribution >= 0.6 is 0 Å². The number of hydrogen-bond acceptors (Lipinski definition) is 8. The van der Waals surface area contributed by atoms with Crippen LogP contribution < -0.4 is 10.6 Å². The van der Waals surface area contributed by atoms with Crippen LogP contribution in [0.1, 0.15) is 101 Å². The highest BCUT2D eigenvalue weighted by Crippen LogP contribution is 2.29. The highest BCUT2D eigenvalue weighted by Gasteiger charge is 2.45. The van der Waals surface area contributed by atoms with Gasteiger partial charge in [-0.15, -0.1) is 0 Å². The molecule has 46 heavy (non-hydrogen) atoms. The largest absolute Gasteiger partial charge is 0.475 e. The average Bonchev–Trinajstić information content (AvgIpc) is 3.79. The fourth-order valence-corrected chi connectivity index (χ4v) is 7.06. The third kappa shape index (κ3) is 8.70. The first-order chi connectivity index (χ1) is 22.2. The normalized spacial score (nSPS) is 26.7. The number of carbonyl (C=O) groups is 4. The van der Waals surface area contributed by atoms with Crippen molar-refractivity contribution >= 4 is 31.1 Å². The third-order valence-electron chi connectivity index (χ3n) is 9.66. The van der Waals surface area contributed by atoms with Crippen LogP contribution in [0.3, 0.4) is 0 Å². The van der Waals surface area contributed by atoms with E-state index in [0.717, 1.165) is 57.8 Å². The van der Waals surface area contributed by atoms with Gasteiger partial charge in [-0.05, 0) is 50.2 Å². The third-order valence-corrected chi connectivity index (χ3v) is 9.66. The Labute approximate surface area is 269 Å². The molecule has 252 valence electrons. The summed E-state index contributed by atoms with van der Waals surface area (Å²) in [6.07, 6.45) is 7.84. The molecule has 1 aliphatic carbocycles. The van der Waals surface area contributed by atoms with Crippen molar-refractivity contribution in [1.29, 1.82) is 0 Å². The Kier molecular flexibility index (Phi) is 11.8. The van der Waals surface area contributed by atoms with Crippen molar-refractivity contribution in [2.45, 2.75) is 133 Å². The van der Waals surface area contributed by atoms with Crippen LogP contribution in [-0.4, -0.2) is 87.7 Å². The summed E-state index contributed by atoms with van der Waals surface area (Å²) in [5, 5.41) is 25.5. The summed E-state index contributed by atoms with van der Waals surface area (Å²) in [5.74, 6) is -2.43. The van der Waals surface area contributed by atoms with E-state index in [-0.39, 0.29) is 32.2 Å². The molecule has 0 unspecified atom stereocenters. The Morgan fingerprint density at radius 2 is 1.57 bits per heavy atom. The van der Waals surface area contributed by atoms with Crippen LogP contribution in [0.4, 0.5) is 14.0 Å². The maximum Gasteiger partial charge on any atom is 0.475 e. The van der Waals surface area contributed by atoms with Crippen molar-refractivity contribution in [3.8, 4) is 0 Å². The Morgan fingerprint density at radius 1 is 0.891 bits per heavy atom. The molecule has 2 saturated heterocycles. The molecule has 4 aliphatic rings. The molecular weight excluding hydrogens is 598 g/mol. The predicted molar refractivity (Wildman–Crippen MR) is 165 cm³/mol. The second-order valence-electron chi connectivity index (χ2n) is 13.1. The number of ether oxygens (including phenoxy) is 2. The summed E-state index contributed by atoms with van der Waals surface area (Å²) in [6, 6.07) is 2.64. The molecule has 0 aromatic heterocycles. The minimum absolute atomic E-state index is 0.0219. The second kappa shape index (κ2) is 15.9.